The molecule has 1 aromatic rings. The molecule has 2 nitrogen and oxygen atoms in total. The number of methoxy groups -OCH3 is 1. The maximum absolute atomic E-state index is 6.32. The number of nitrogens with one attached hydrogen (secondary N) is 1. The Labute approximate surface area is 125 Å². The van der Waals surface area contributed by atoms with E-state index in [2.05, 4.69) is 12.2 Å². The molecular weight excluding hydrogens is 281 g/mol. The summed E-state index contributed by atoms with van der Waals surface area (Å²) in [4.78, 5) is 0. The monoisotopic (exact) mass is 301 g/mol. The molecule has 0 radical (unpaired) electrons. The fraction of sp³-hybridized carbons (Fsp3) is 0.600. The summed E-state index contributed by atoms with van der Waals surface area (Å²) < 4.78 is 5.73. The first-order valence-electron chi connectivity index (χ1n) is 6.84. The number of hydrogen-bond donors (Lipinski definition) is 1. The number of benzene rings is 1. The van der Waals surface area contributed by atoms with Gasteiger partial charge in [0.2, 0.25) is 0 Å². The molecule has 1 atom stereocenters. The van der Waals surface area contributed by atoms with Crippen LogP contribution in [-0.2, 0) is 4.74 Å². The second kappa shape index (κ2) is 6.45. The van der Waals surface area contributed by atoms with E-state index in [9.17, 15) is 0 Å². The molecule has 0 saturated heterocycles. The molecule has 1 aromatic carbocycles. The van der Waals surface area contributed by atoms with E-state index in [4.69, 9.17) is 27.9 Å². The normalized spacial score (nSPS) is 18.9. The zero-order valence-electron chi connectivity index (χ0n) is 11.5. The Morgan fingerprint density at radius 3 is 2.63 bits per heavy atom. The first-order valence-corrected chi connectivity index (χ1v) is 7.59. The van der Waals surface area contributed by atoms with Crippen molar-refractivity contribution in [3.63, 3.8) is 0 Å². The van der Waals surface area contributed by atoms with Gasteiger partial charge in [-0.15, -0.1) is 0 Å². The van der Waals surface area contributed by atoms with E-state index in [0.29, 0.717) is 0 Å². The molecule has 4 heteroatoms. The average molecular weight is 302 g/mol. The third kappa shape index (κ3) is 3.43. The summed E-state index contributed by atoms with van der Waals surface area (Å²) >= 11 is 12.4. The van der Waals surface area contributed by atoms with Gasteiger partial charge in [-0.05, 0) is 56.0 Å². The van der Waals surface area contributed by atoms with E-state index in [1.165, 1.54) is 6.42 Å². The third-order valence-electron chi connectivity index (χ3n) is 4.06. The Morgan fingerprint density at radius 1 is 1.37 bits per heavy atom. The van der Waals surface area contributed by atoms with Crippen LogP contribution in [0, 0.1) is 0 Å². The molecule has 2 rings (SSSR count). The zero-order chi connectivity index (χ0) is 13.9. The minimum absolute atomic E-state index is 0.0124. The van der Waals surface area contributed by atoms with E-state index in [0.717, 1.165) is 41.4 Å². The smallest absolute Gasteiger partial charge is 0.0697 e. The van der Waals surface area contributed by atoms with Gasteiger partial charge in [0.25, 0.3) is 0 Å². The van der Waals surface area contributed by atoms with Crippen LogP contribution in [-0.4, -0.2) is 19.3 Å². The zero-order valence-corrected chi connectivity index (χ0v) is 13.0. The van der Waals surface area contributed by atoms with Gasteiger partial charge in [0.15, 0.2) is 0 Å². The highest BCUT2D eigenvalue weighted by molar-refractivity contribution is 6.33. The molecule has 1 unspecified atom stereocenters. The standard InChI is InChI=1S/C15H21Cl2NO/c1-3-18-14(10-15(19-2)7-4-8-15)12-9-11(16)5-6-13(12)17/h5-6,9,14,18H,3-4,7-8,10H2,1-2H3. The lowest BCUT2D eigenvalue weighted by Crippen LogP contribution is -2.43. The van der Waals surface area contributed by atoms with Gasteiger partial charge in [-0.3, -0.25) is 0 Å². The van der Waals surface area contributed by atoms with Crippen LogP contribution in [0.3, 0.4) is 0 Å². The van der Waals surface area contributed by atoms with Gasteiger partial charge in [0.1, 0.15) is 0 Å². The Bertz CT molecular complexity index is 427. The molecule has 19 heavy (non-hydrogen) atoms. The highest BCUT2D eigenvalue weighted by Crippen LogP contribution is 2.43. The van der Waals surface area contributed by atoms with Gasteiger partial charge in [-0.1, -0.05) is 30.1 Å². The van der Waals surface area contributed by atoms with Crippen molar-refractivity contribution in [2.24, 2.45) is 0 Å². The molecule has 106 valence electrons. The highest BCUT2D eigenvalue weighted by atomic mass is 35.5. The van der Waals surface area contributed by atoms with Crippen molar-refractivity contribution in [3.8, 4) is 0 Å². The number of rotatable bonds is 6. The number of halogens is 2. The molecule has 0 heterocycles. The summed E-state index contributed by atoms with van der Waals surface area (Å²) in [7, 11) is 1.81. The second-order valence-corrected chi connectivity index (χ2v) is 6.06. The number of ether oxygens (including phenoxy) is 1. The van der Waals surface area contributed by atoms with Crippen LogP contribution in [0.2, 0.25) is 10.0 Å². The fourth-order valence-electron chi connectivity index (χ4n) is 2.75. The SMILES string of the molecule is CCNC(CC1(OC)CCC1)c1cc(Cl)ccc1Cl. The van der Waals surface area contributed by atoms with Crippen molar-refractivity contribution in [1.82, 2.24) is 5.32 Å². The highest BCUT2D eigenvalue weighted by Gasteiger charge is 2.39. The van der Waals surface area contributed by atoms with Crippen molar-refractivity contribution >= 4 is 23.2 Å². The van der Waals surface area contributed by atoms with Crippen LogP contribution in [0.25, 0.3) is 0 Å². The summed E-state index contributed by atoms with van der Waals surface area (Å²) in [5, 5.41) is 4.99. The molecule has 0 aromatic heterocycles. The Balaban J connectivity index is 2.21. The van der Waals surface area contributed by atoms with E-state index in [1.807, 2.05) is 25.3 Å². The van der Waals surface area contributed by atoms with E-state index >= 15 is 0 Å². The van der Waals surface area contributed by atoms with Crippen molar-refractivity contribution in [1.29, 1.82) is 0 Å². The van der Waals surface area contributed by atoms with E-state index in [1.54, 1.807) is 0 Å². The Kier molecular flexibility index (Phi) is 5.13. The molecular formula is C15H21Cl2NO. The maximum atomic E-state index is 6.32. The van der Waals surface area contributed by atoms with Gasteiger partial charge in [0.05, 0.1) is 5.60 Å². The molecule has 1 saturated carbocycles. The Morgan fingerprint density at radius 2 is 2.11 bits per heavy atom. The molecule has 1 aliphatic rings. The lowest BCUT2D eigenvalue weighted by atomic mass is 9.74. The topological polar surface area (TPSA) is 21.3 Å². The fourth-order valence-corrected chi connectivity index (χ4v) is 3.18. The molecule has 0 spiro atoms. The molecule has 1 fully saturated rings. The Hall–Kier alpha value is -0.280. The van der Waals surface area contributed by atoms with Crippen LogP contribution in [0.1, 0.15) is 44.2 Å². The largest absolute Gasteiger partial charge is 0.378 e. The lowest BCUT2D eigenvalue weighted by molar-refractivity contribution is -0.0837. The first-order chi connectivity index (χ1) is 9.10. The minimum Gasteiger partial charge on any atom is -0.378 e. The second-order valence-electron chi connectivity index (χ2n) is 5.22. The average Bonchev–Trinajstić information content (AvgIpc) is 2.35. The summed E-state index contributed by atoms with van der Waals surface area (Å²) in [6.07, 6.45) is 4.44. The summed E-state index contributed by atoms with van der Waals surface area (Å²) in [6, 6.07) is 5.84. The van der Waals surface area contributed by atoms with Gasteiger partial charge in [-0.2, -0.15) is 0 Å². The summed E-state index contributed by atoms with van der Waals surface area (Å²) in [5.41, 5.74) is 1.08. The van der Waals surface area contributed by atoms with Crippen molar-refractivity contribution in [2.45, 2.75) is 44.2 Å². The molecule has 1 N–H and O–H groups in total. The molecule has 0 bridgehead atoms. The lowest BCUT2D eigenvalue weighted by Gasteiger charge is -2.43. The predicted molar refractivity (Wildman–Crippen MR) is 81.1 cm³/mol. The van der Waals surface area contributed by atoms with E-state index < -0.39 is 0 Å². The van der Waals surface area contributed by atoms with Crippen molar-refractivity contribution in [3.05, 3.63) is 33.8 Å². The molecule has 1 aliphatic carbocycles. The summed E-state index contributed by atoms with van der Waals surface area (Å²) in [6.45, 7) is 3.00. The minimum atomic E-state index is 0.0124. The summed E-state index contributed by atoms with van der Waals surface area (Å²) in [5.74, 6) is 0. The molecule has 0 amide bonds. The maximum Gasteiger partial charge on any atom is 0.0697 e. The van der Waals surface area contributed by atoms with Gasteiger partial charge in [0, 0.05) is 23.2 Å². The number of hydrogen-bond acceptors (Lipinski definition) is 2. The van der Waals surface area contributed by atoms with Gasteiger partial charge in [-0.25, -0.2) is 0 Å². The van der Waals surface area contributed by atoms with Crippen LogP contribution >= 0.6 is 23.2 Å². The van der Waals surface area contributed by atoms with Crippen LogP contribution < -0.4 is 5.32 Å². The van der Waals surface area contributed by atoms with Crippen LogP contribution in [0.4, 0.5) is 0 Å². The van der Waals surface area contributed by atoms with Gasteiger partial charge >= 0.3 is 0 Å². The van der Waals surface area contributed by atoms with Crippen molar-refractivity contribution < 1.29 is 4.74 Å². The van der Waals surface area contributed by atoms with Gasteiger partial charge < -0.3 is 10.1 Å². The molecule has 0 aliphatic heterocycles. The predicted octanol–water partition coefficient (Wildman–Crippen LogP) is 4.60. The first kappa shape index (κ1) is 15.1. The van der Waals surface area contributed by atoms with Crippen LogP contribution in [0.5, 0.6) is 0 Å². The van der Waals surface area contributed by atoms with Crippen molar-refractivity contribution in [2.75, 3.05) is 13.7 Å². The third-order valence-corrected chi connectivity index (χ3v) is 4.64. The quantitative estimate of drug-likeness (QED) is 0.829. The van der Waals surface area contributed by atoms with E-state index in [-0.39, 0.29) is 11.6 Å². The van der Waals surface area contributed by atoms with Crippen LogP contribution in [0.15, 0.2) is 18.2 Å².